The Balaban J connectivity index is 2.34. The second-order valence-electron chi connectivity index (χ2n) is 2.94. The molecular weight excluding hydrogens is 146 g/mol. The molecule has 11 heavy (non-hydrogen) atoms. The lowest BCUT2D eigenvalue weighted by atomic mass is 10.0. The van der Waals surface area contributed by atoms with Gasteiger partial charge >= 0.3 is 0 Å². The van der Waals surface area contributed by atoms with Crippen molar-refractivity contribution in [3.8, 4) is 0 Å². The predicted octanol–water partition coefficient (Wildman–Crippen LogP) is 1.02. The average Bonchev–Trinajstić information content (AvgIpc) is 2.35. The highest BCUT2D eigenvalue weighted by Crippen LogP contribution is 2.25. The van der Waals surface area contributed by atoms with Gasteiger partial charge < -0.3 is 0 Å². The van der Waals surface area contributed by atoms with Crippen LogP contribution < -0.4 is 0 Å². The van der Waals surface area contributed by atoms with Crippen molar-refractivity contribution in [1.29, 1.82) is 0 Å². The molecule has 0 aliphatic heterocycles. The van der Waals surface area contributed by atoms with E-state index in [2.05, 4.69) is 0 Å². The Morgan fingerprint density at radius 1 is 1.45 bits per heavy atom. The van der Waals surface area contributed by atoms with Crippen LogP contribution in [0.4, 0.5) is 0 Å². The summed E-state index contributed by atoms with van der Waals surface area (Å²) < 4.78 is 0. The summed E-state index contributed by atoms with van der Waals surface area (Å²) in [7, 11) is 0. The van der Waals surface area contributed by atoms with E-state index in [0.717, 1.165) is 25.7 Å². The van der Waals surface area contributed by atoms with E-state index in [4.69, 9.17) is 0 Å². The second-order valence-corrected chi connectivity index (χ2v) is 2.94. The summed E-state index contributed by atoms with van der Waals surface area (Å²) in [6.45, 7) is -0.481. The maximum absolute atomic E-state index is 11.0. The molecular formula is C7H11NO3. The molecule has 0 radical (unpaired) electrons. The number of nitrogens with zero attached hydrogens (tertiary/aromatic N) is 1. The van der Waals surface area contributed by atoms with Crippen molar-refractivity contribution in [2.75, 3.05) is 6.54 Å². The van der Waals surface area contributed by atoms with Crippen molar-refractivity contribution in [2.24, 2.45) is 5.92 Å². The van der Waals surface area contributed by atoms with Crippen LogP contribution in [-0.4, -0.2) is 17.3 Å². The van der Waals surface area contributed by atoms with Crippen molar-refractivity contribution in [3.63, 3.8) is 0 Å². The molecule has 62 valence electrons. The molecule has 0 saturated heterocycles. The van der Waals surface area contributed by atoms with E-state index in [1.807, 2.05) is 0 Å². The van der Waals surface area contributed by atoms with E-state index in [-0.39, 0.29) is 11.7 Å². The standard InChI is InChI=1S/C7H11NO3/c9-7(5-8(10)11)6-3-1-2-4-6/h6H,1-5H2. The summed E-state index contributed by atoms with van der Waals surface area (Å²) in [5, 5.41) is 9.95. The number of carbonyl (C=O) groups excluding carboxylic acids is 1. The third-order valence-corrected chi connectivity index (χ3v) is 2.10. The molecule has 0 unspecified atom stereocenters. The van der Waals surface area contributed by atoms with Gasteiger partial charge in [-0.15, -0.1) is 0 Å². The monoisotopic (exact) mass is 157 g/mol. The molecule has 4 nitrogen and oxygen atoms in total. The zero-order valence-corrected chi connectivity index (χ0v) is 6.28. The molecule has 0 amide bonds. The molecule has 1 saturated carbocycles. The number of hydrogen-bond acceptors (Lipinski definition) is 3. The molecule has 0 aromatic carbocycles. The fraction of sp³-hybridized carbons (Fsp3) is 0.857. The zero-order valence-electron chi connectivity index (χ0n) is 6.28. The van der Waals surface area contributed by atoms with E-state index >= 15 is 0 Å². The number of Topliss-reactive ketones (excluding diaryl/α,β-unsaturated/α-hetero) is 1. The van der Waals surface area contributed by atoms with Gasteiger partial charge in [0.15, 0.2) is 0 Å². The van der Waals surface area contributed by atoms with Gasteiger partial charge in [-0.05, 0) is 12.8 Å². The van der Waals surface area contributed by atoms with Gasteiger partial charge in [0.25, 0.3) is 6.54 Å². The van der Waals surface area contributed by atoms with Gasteiger partial charge in [-0.3, -0.25) is 14.9 Å². The van der Waals surface area contributed by atoms with Crippen LogP contribution in [0.25, 0.3) is 0 Å². The maximum atomic E-state index is 11.0. The first-order chi connectivity index (χ1) is 5.20. The van der Waals surface area contributed by atoms with Crippen LogP contribution in [0.3, 0.4) is 0 Å². The molecule has 0 bridgehead atoms. The highest BCUT2D eigenvalue weighted by atomic mass is 16.6. The highest BCUT2D eigenvalue weighted by Gasteiger charge is 2.25. The van der Waals surface area contributed by atoms with Gasteiger partial charge in [-0.25, -0.2) is 0 Å². The topological polar surface area (TPSA) is 60.2 Å². The quantitative estimate of drug-likeness (QED) is 0.454. The van der Waals surface area contributed by atoms with Gasteiger partial charge in [-0.1, -0.05) is 12.8 Å². The minimum Gasteiger partial charge on any atom is -0.292 e. The van der Waals surface area contributed by atoms with Crippen LogP contribution in [0, 0.1) is 16.0 Å². The van der Waals surface area contributed by atoms with E-state index < -0.39 is 11.5 Å². The Morgan fingerprint density at radius 2 is 2.00 bits per heavy atom. The Labute approximate surface area is 64.7 Å². The lowest BCUT2D eigenvalue weighted by Gasteiger charge is -2.01. The van der Waals surface area contributed by atoms with E-state index in [1.54, 1.807) is 0 Å². The fourth-order valence-electron chi connectivity index (χ4n) is 1.50. The zero-order chi connectivity index (χ0) is 8.27. The van der Waals surface area contributed by atoms with Gasteiger partial charge in [0.2, 0.25) is 5.78 Å². The summed E-state index contributed by atoms with van der Waals surface area (Å²) >= 11 is 0. The first kappa shape index (κ1) is 8.17. The van der Waals surface area contributed by atoms with Crippen LogP contribution in [0.15, 0.2) is 0 Å². The Bertz CT molecular complexity index is 173. The third-order valence-electron chi connectivity index (χ3n) is 2.10. The van der Waals surface area contributed by atoms with Crippen molar-refractivity contribution >= 4 is 5.78 Å². The third kappa shape index (κ3) is 2.29. The van der Waals surface area contributed by atoms with Crippen molar-refractivity contribution < 1.29 is 9.72 Å². The van der Waals surface area contributed by atoms with Gasteiger partial charge in [0.05, 0.1) is 0 Å². The molecule has 0 N–H and O–H groups in total. The lowest BCUT2D eigenvalue weighted by molar-refractivity contribution is -0.467. The van der Waals surface area contributed by atoms with Crippen molar-refractivity contribution in [2.45, 2.75) is 25.7 Å². The Morgan fingerprint density at radius 3 is 2.45 bits per heavy atom. The number of nitro groups is 1. The van der Waals surface area contributed by atoms with Crippen molar-refractivity contribution in [3.05, 3.63) is 10.1 Å². The molecule has 0 atom stereocenters. The molecule has 0 spiro atoms. The van der Waals surface area contributed by atoms with Gasteiger partial charge in [-0.2, -0.15) is 0 Å². The predicted molar refractivity (Wildman–Crippen MR) is 38.8 cm³/mol. The fourth-order valence-corrected chi connectivity index (χ4v) is 1.50. The molecule has 0 heterocycles. The largest absolute Gasteiger partial charge is 0.292 e. The second kappa shape index (κ2) is 3.46. The van der Waals surface area contributed by atoms with Crippen LogP contribution in [-0.2, 0) is 4.79 Å². The summed E-state index contributed by atoms with van der Waals surface area (Å²) in [6.07, 6.45) is 3.81. The Kier molecular flexibility index (Phi) is 2.57. The number of ketones is 1. The van der Waals surface area contributed by atoms with Gasteiger partial charge in [0.1, 0.15) is 0 Å². The highest BCUT2D eigenvalue weighted by molar-refractivity contribution is 5.82. The van der Waals surface area contributed by atoms with Crippen molar-refractivity contribution in [1.82, 2.24) is 0 Å². The summed E-state index contributed by atoms with van der Waals surface area (Å²) in [5.74, 6) is -0.201. The van der Waals surface area contributed by atoms with Crippen LogP contribution in [0.5, 0.6) is 0 Å². The van der Waals surface area contributed by atoms with E-state index in [9.17, 15) is 14.9 Å². The van der Waals surface area contributed by atoms with Crippen LogP contribution >= 0.6 is 0 Å². The Hall–Kier alpha value is -0.930. The first-order valence-electron chi connectivity index (χ1n) is 3.84. The minimum absolute atomic E-state index is 0.0135. The minimum atomic E-state index is -0.541. The summed E-state index contributed by atoms with van der Waals surface area (Å²) in [5.41, 5.74) is 0. The molecule has 0 aromatic heterocycles. The first-order valence-corrected chi connectivity index (χ1v) is 3.84. The summed E-state index contributed by atoms with van der Waals surface area (Å²) in [4.78, 5) is 20.4. The molecule has 1 aliphatic carbocycles. The lowest BCUT2D eigenvalue weighted by Crippen LogP contribution is -2.20. The van der Waals surface area contributed by atoms with Crippen LogP contribution in [0.2, 0.25) is 0 Å². The number of carbonyl (C=O) groups is 1. The smallest absolute Gasteiger partial charge is 0.261 e. The van der Waals surface area contributed by atoms with Crippen LogP contribution in [0.1, 0.15) is 25.7 Å². The normalized spacial score (nSPS) is 18.5. The maximum Gasteiger partial charge on any atom is 0.261 e. The summed E-state index contributed by atoms with van der Waals surface area (Å²) in [6, 6.07) is 0. The average molecular weight is 157 g/mol. The number of rotatable bonds is 3. The van der Waals surface area contributed by atoms with Gasteiger partial charge in [0, 0.05) is 10.8 Å². The van der Waals surface area contributed by atoms with E-state index in [0.29, 0.717) is 0 Å². The molecule has 1 fully saturated rings. The molecule has 1 rings (SSSR count). The van der Waals surface area contributed by atoms with E-state index in [1.165, 1.54) is 0 Å². The molecule has 0 aromatic rings. The number of hydrogen-bond donors (Lipinski definition) is 0. The molecule has 4 heteroatoms. The SMILES string of the molecule is O=C(C[N+](=O)[O-])C1CCCC1. The molecule has 1 aliphatic rings.